The fourth-order valence-corrected chi connectivity index (χ4v) is 4.37. The van der Waals surface area contributed by atoms with Gasteiger partial charge in [-0.1, -0.05) is 12.2 Å². The van der Waals surface area contributed by atoms with Gasteiger partial charge in [0.2, 0.25) is 0 Å². The van der Waals surface area contributed by atoms with Gasteiger partial charge in [-0.25, -0.2) is 0 Å². The molecule has 13 atom stereocenters. The lowest BCUT2D eigenvalue weighted by Crippen LogP contribution is -2.64. The van der Waals surface area contributed by atoms with Crippen molar-refractivity contribution >= 4 is 0 Å². The number of hydrogen-bond acceptors (Lipinski definition) is 14. The Morgan fingerprint density at radius 1 is 0.676 bits per heavy atom. The Morgan fingerprint density at radius 3 is 1.79 bits per heavy atom. The van der Waals surface area contributed by atoms with E-state index in [1.54, 1.807) is 0 Å². The molecule has 3 rings (SSSR count). The normalized spacial score (nSPS) is 47.8. The highest BCUT2D eigenvalue weighted by Gasteiger charge is 2.49. The Hall–Kier alpha value is -1.08. The van der Waals surface area contributed by atoms with Crippen LogP contribution < -0.4 is 5.32 Å². The highest BCUT2D eigenvalue weighted by atomic mass is 16.7. The molecule has 196 valence electrons. The molecule has 0 aromatic carbocycles. The number of aliphatic hydroxyl groups is 11. The summed E-state index contributed by atoms with van der Waals surface area (Å²) in [6, 6.07) is -2.18. The van der Waals surface area contributed by atoms with Crippen molar-refractivity contribution in [3.05, 3.63) is 23.3 Å². The van der Waals surface area contributed by atoms with Gasteiger partial charge < -0.3 is 65.6 Å². The molecule has 2 aliphatic carbocycles. The monoisotopic (exact) mass is 495 g/mol. The Bertz CT molecular complexity index is 748. The zero-order valence-electron chi connectivity index (χ0n) is 18.0. The third kappa shape index (κ3) is 5.21. The Labute approximate surface area is 194 Å². The molecule has 12 N–H and O–H groups in total. The fourth-order valence-electron chi connectivity index (χ4n) is 4.37. The number of ether oxygens (including phenoxy) is 2. The predicted molar refractivity (Wildman–Crippen MR) is 110 cm³/mol. The minimum Gasteiger partial charge on any atom is -0.394 e. The number of rotatable bonds is 7. The van der Waals surface area contributed by atoms with Gasteiger partial charge in [0.15, 0.2) is 6.29 Å². The maximum absolute atomic E-state index is 10.9. The summed E-state index contributed by atoms with van der Waals surface area (Å²) in [6.07, 6.45) is -15.1. The summed E-state index contributed by atoms with van der Waals surface area (Å²) < 4.78 is 10.8. The Balaban J connectivity index is 1.82. The van der Waals surface area contributed by atoms with Crippen LogP contribution in [0.3, 0.4) is 0 Å². The van der Waals surface area contributed by atoms with E-state index < -0.39 is 99.2 Å². The molecule has 0 saturated carbocycles. The second-order valence-corrected chi connectivity index (χ2v) is 8.68. The summed E-state index contributed by atoms with van der Waals surface area (Å²) in [6.45, 7) is -1.98. The average molecular weight is 495 g/mol. The van der Waals surface area contributed by atoms with Crippen molar-refractivity contribution in [1.82, 2.24) is 5.32 Å². The van der Waals surface area contributed by atoms with Crippen molar-refractivity contribution in [3.8, 4) is 0 Å². The van der Waals surface area contributed by atoms with Gasteiger partial charge in [0.05, 0.1) is 31.9 Å². The van der Waals surface area contributed by atoms with Crippen LogP contribution in [0.2, 0.25) is 0 Å². The SMILES string of the molecule is OCC1=C[C@H](N[C@H]2C=C(CO)[C@@H](O)[C@H](O[C@@H]3O[C@H](CO)[C@@H](O)[C@H](O)[C@H]3O)[C@H]2O)[C@H](O)[C@@H](O)[C@@H]1O. The number of aliphatic hydroxyl groups excluding tert-OH is 11. The Morgan fingerprint density at radius 2 is 1.24 bits per heavy atom. The molecular weight excluding hydrogens is 462 g/mol. The first-order valence-electron chi connectivity index (χ1n) is 10.8. The molecule has 0 unspecified atom stereocenters. The van der Waals surface area contributed by atoms with Crippen molar-refractivity contribution in [2.24, 2.45) is 0 Å². The summed E-state index contributed by atoms with van der Waals surface area (Å²) in [4.78, 5) is 0. The van der Waals surface area contributed by atoms with Crippen molar-refractivity contribution in [1.29, 1.82) is 0 Å². The van der Waals surface area contributed by atoms with Crippen LogP contribution in [0.15, 0.2) is 23.3 Å². The van der Waals surface area contributed by atoms with Crippen LogP contribution in [-0.4, -0.2) is 155 Å². The van der Waals surface area contributed by atoms with E-state index in [1.165, 1.54) is 12.2 Å². The standard InChI is InChI=1S/C20H33NO13/c22-3-6-1-8(13(27)16(30)11(6)25)21-9-2-7(4-23)12(26)19(14(9)28)34-20-18(32)17(31)15(29)10(5-24)33-20/h1-2,8-32H,3-5H2/t8-,9-,10+,11+,12+,13-,14-,15+,16-,17-,18+,19-,20-/m0/s1. The first-order valence-corrected chi connectivity index (χ1v) is 10.8. The summed E-state index contributed by atoms with van der Waals surface area (Å²) in [5.41, 5.74) is 0.0238. The summed E-state index contributed by atoms with van der Waals surface area (Å²) in [5, 5.41) is 113. The van der Waals surface area contributed by atoms with Gasteiger partial charge in [0, 0.05) is 0 Å². The molecule has 34 heavy (non-hydrogen) atoms. The molecule has 0 amide bonds. The van der Waals surface area contributed by atoms with Gasteiger partial charge in [0.1, 0.15) is 61.0 Å². The Kier molecular flexibility index (Phi) is 9.16. The van der Waals surface area contributed by atoms with E-state index in [9.17, 15) is 56.2 Å². The lowest BCUT2D eigenvalue weighted by molar-refractivity contribution is -0.323. The molecule has 1 saturated heterocycles. The highest BCUT2D eigenvalue weighted by Crippen LogP contribution is 2.30. The van der Waals surface area contributed by atoms with E-state index in [-0.39, 0.29) is 11.1 Å². The van der Waals surface area contributed by atoms with Gasteiger partial charge in [-0.15, -0.1) is 0 Å². The molecule has 0 bridgehead atoms. The molecular formula is C20H33NO13. The van der Waals surface area contributed by atoms with Gasteiger partial charge >= 0.3 is 0 Å². The van der Waals surface area contributed by atoms with Gasteiger partial charge in [0.25, 0.3) is 0 Å². The van der Waals surface area contributed by atoms with Crippen LogP contribution in [-0.2, 0) is 9.47 Å². The smallest absolute Gasteiger partial charge is 0.187 e. The average Bonchev–Trinajstić information content (AvgIpc) is 2.83. The largest absolute Gasteiger partial charge is 0.394 e. The van der Waals surface area contributed by atoms with E-state index in [1.807, 2.05) is 0 Å². The second-order valence-electron chi connectivity index (χ2n) is 8.68. The molecule has 1 aliphatic heterocycles. The summed E-state index contributed by atoms with van der Waals surface area (Å²) >= 11 is 0. The third-order valence-electron chi connectivity index (χ3n) is 6.49. The zero-order valence-corrected chi connectivity index (χ0v) is 18.0. The fraction of sp³-hybridized carbons (Fsp3) is 0.800. The number of nitrogens with one attached hydrogen (secondary N) is 1. The predicted octanol–water partition coefficient (Wildman–Crippen LogP) is -6.83. The molecule has 0 spiro atoms. The maximum Gasteiger partial charge on any atom is 0.187 e. The van der Waals surface area contributed by atoms with Crippen LogP contribution >= 0.6 is 0 Å². The molecule has 3 aliphatic rings. The lowest BCUT2D eigenvalue weighted by Gasteiger charge is -2.45. The summed E-state index contributed by atoms with van der Waals surface area (Å²) in [7, 11) is 0. The second kappa shape index (κ2) is 11.3. The van der Waals surface area contributed by atoms with Crippen LogP contribution in [0.1, 0.15) is 0 Å². The van der Waals surface area contributed by atoms with E-state index in [2.05, 4.69) is 5.32 Å². The molecule has 0 aromatic rings. The molecule has 14 heteroatoms. The van der Waals surface area contributed by atoms with E-state index in [0.29, 0.717) is 0 Å². The number of hydrogen-bond donors (Lipinski definition) is 12. The van der Waals surface area contributed by atoms with Crippen molar-refractivity contribution < 1.29 is 65.6 Å². The van der Waals surface area contributed by atoms with Crippen molar-refractivity contribution in [2.75, 3.05) is 19.8 Å². The molecule has 14 nitrogen and oxygen atoms in total. The maximum atomic E-state index is 10.9. The van der Waals surface area contributed by atoms with Crippen molar-refractivity contribution in [2.45, 2.75) is 79.4 Å². The van der Waals surface area contributed by atoms with Crippen LogP contribution in [0, 0.1) is 0 Å². The first kappa shape index (κ1) is 27.5. The minimum absolute atomic E-state index is 0.00497. The molecule has 0 radical (unpaired) electrons. The van der Waals surface area contributed by atoms with Crippen molar-refractivity contribution in [3.63, 3.8) is 0 Å². The third-order valence-corrected chi connectivity index (χ3v) is 6.49. The highest BCUT2D eigenvalue weighted by molar-refractivity contribution is 5.26. The first-order chi connectivity index (χ1) is 16.0. The van der Waals surface area contributed by atoms with Crippen LogP contribution in [0.4, 0.5) is 0 Å². The summed E-state index contributed by atoms with van der Waals surface area (Å²) in [5.74, 6) is 0. The van der Waals surface area contributed by atoms with E-state index in [4.69, 9.17) is 9.47 Å². The molecule has 0 aromatic heterocycles. The van der Waals surface area contributed by atoms with E-state index in [0.717, 1.165) is 0 Å². The topological polar surface area (TPSA) is 253 Å². The van der Waals surface area contributed by atoms with Gasteiger partial charge in [-0.3, -0.25) is 5.32 Å². The van der Waals surface area contributed by atoms with E-state index >= 15 is 0 Å². The van der Waals surface area contributed by atoms with Gasteiger partial charge in [-0.2, -0.15) is 0 Å². The van der Waals surface area contributed by atoms with Crippen LogP contribution in [0.25, 0.3) is 0 Å². The van der Waals surface area contributed by atoms with Crippen LogP contribution in [0.5, 0.6) is 0 Å². The molecule has 1 heterocycles. The minimum atomic E-state index is -1.81. The quantitative estimate of drug-likeness (QED) is 0.147. The lowest BCUT2D eigenvalue weighted by atomic mass is 9.84. The van der Waals surface area contributed by atoms with Gasteiger partial charge in [-0.05, 0) is 11.1 Å². The zero-order chi connectivity index (χ0) is 25.3. The molecule has 1 fully saturated rings.